The summed E-state index contributed by atoms with van der Waals surface area (Å²) in [6.07, 6.45) is -2.44. The number of rotatable bonds is 4. The molecule has 6 nitrogen and oxygen atoms in total. The monoisotopic (exact) mass is 438 g/mol. The van der Waals surface area contributed by atoms with Crippen LogP contribution >= 0.6 is 11.6 Å². The van der Waals surface area contributed by atoms with Crippen LogP contribution in [0.3, 0.4) is 0 Å². The van der Waals surface area contributed by atoms with Crippen molar-refractivity contribution in [3.05, 3.63) is 40.4 Å². The zero-order valence-corrected chi connectivity index (χ0v) is 16.4. The van der Waals surface area contributed by atoms with Gasteiger partial charge in [-0.25, -0.2) is 8.42 Å². The largest absolute Gasteiger partial charge is 0.417 e. The van der Waals surface area contributed by atoms with Crippen molar-refractivity contribution in [2.45, 2.75) is 19.1 Å². The molecule has 0 aromatic heterocycles. The van der Waals surface area contributed by atoms with Gasteiger partial charge in [0.15, 0.2) is 9.84 Å². The van der Waals surface area contributed by atoms with Crippen LogP contribution in [0.4, 0.5) is 13.2 Å². The van der Waals surface area contributed by atoms with E-state index in [0.717, 1.165) is 18.2 Å². The predicted molar refractivity (Wildman–Crippen MR) is 98.3 cm³/mol. The number of sulfone groups is 1. The van der Waals surface area contributed by atoms with E-state index in [1.165, 1.54) is 24.0 Å². The van der Waals surface area contributed by atoms with E-state index in [-0.39, 0.29) is 30.2 Å². The SMILES string of the molecule is CC(NC(=O)/C=C/c1ccc(Cl)c(C(F)(F)F)c1)C(=O)N1CCS(=O)(=O)CC1. The van der Waals surface area contributed by atoms with Gasteiger partial charge in [0.2, 0.25) is 11.8 Å². The minimum atomic E-state index is -4.62. The van der Waals surface area contributed by atoms with Crippen molar-refractivity contribution < 1.29 is 31.2 Å². The number of benzene rings is 1. The Labute approximate surface area is 165 Å². The lowest BCUT2D eigenvalue weighted by atomic mass is 10.1. The molecule has 0 radical (unpaired) electrons. The summed E-state index contributed by atoms with van der Waals surface area (Å²) < 4.78 is 61.3. The van der Waals surface area contributed by atoms with Gasteiger partial charge in [0, 0.05) is 19.2 Å². The van der Waals surface area contributed by atoms with Crippen molar-refractivity contribution >= 4 is 39.3 Å². The van der Waals surface area contributed by atoms with Crippen molar-refractivity contribution in [3.63, 3.8) is 0 Å². The lowest BCUT2D eigenvalue weighted by Crippen LogP contribution is -2.51. The molecule has 2 amide bonds. The maximum atomic E-state index is 12.8. The van der Waals surface area contributed by atoms with Gasteiger partial charge in [-0.1, -0.05) is 17.7 Å². The number of halogens is 4. The molecule has 0 saturated carbocycles. The van der Waals surface area contributed by atoms with E-state index in [1.54, 1.807) is 0 Å². The zero-order valence-electron chi connectivity index (χ0n) is 14.8. The van der Waals surface area contributed by atoms with Crippen LogP contribution in [0, 0.1) is 0 Å². The fourth-order valence-corrected chi connectivity index (χ4v) is 3.99. The average Bonchev–Trinajstić information content (AvgIpc) is 2.59. The average molecular weight is 439 g/mol. The maximum Gasteiger partial charge on any atom is 0.417 e. The Morgan fingerprint density at radius 1 is 1.25 bits per heavy atom. The van der Waals surface area contributed by atoms with Gasteiger partial charge in [-0.3, -0.25) is 9.59 Å². The van der Waals surface area contributed by atoms with Crippen LogP contribution < -0.4 is 5.32 Å². The Morgan fingerprint density at radius 2 is 1.86 bits per heavy atom. The Bertz CT molecular complexity index is 886. The van der Waals surface area contributed by atoms with Crippen molar-refractivity contribution in [1.29, 1.82) is 0 Å². The third-order valence-corrected chi connectivity index (χ3v) is 6.05. The number of hydrogen-bond acceptors (Lipinski definition) is 4. The van der Waals surface area contributed by atoms with Gasteiger partial charge in [-0.2, -0.15) is 13.2 Å². The first-order chi connectivity index (χ1) is 12.9. The van der Waals surface area contributed by atoms with Crippen LogP contribution in [-0.2, 0) is 25.6 Å². The van der Waals surface area contributed by atoms with Gasteiger partial charge in [-0.15, -0.1) is 0 Å². The Balaban J connectivity index is 1.97. The van der Waals surface area contributed by atoms with E-state index in [9.17, 15) is 31.2 Å². The van der Waals surface area contributed by atoms with E-state index in [2.05, 4.69) is 5.32 Å². The second-order valence-electron chi connectivity index (χ2n) is 6.28. The summed E-state index contributed by atoms with van der Waals surface area (Å²) in [5.74, 6) is -1.36. The van der Waals surface area contributed by atoms with Crippen LogP contribution in [0.2, 0.25) is 5.02 Å². The molecule has 0 aliphatic carbocycles. The lowest BCUT2D eigenvalue weighted by Gasteiger charge is -2.29. The minimum absolute atomic E-state index is 0.0577. The number of carbonyl (C=O) groups excluding carboxylic acids is 2. The number of alkyl halides is 3. The molecule has 1 unspecified atom stereocenters. The van der Waals surface area contributed by atoms with Crippen LogP contribution in [0.25, 0.3) is 6.08 Å². The summed E-state index contributed by atoms with van der Waals surface area (Å²) >= 11 is 5.54. The summed E-state index contributed by atoms with van der Waals surface area (Å²) in [5.41, 5.74) is -0.896. The lowest BCUT2D eigenvalue weighted by molar-refractivity contribution is -0.137. The topological polar surface area (TPSA) is 83.6 Å². The molecule has 28 heavy (non-hydrogen) atoms. The van der Waals surface area contributed by atoms with Gasteiger partial charge >= 0.3 is 6.18 Å². The Morgan fingerprint density at radius 3 is 2.43 bits per heavy atom. The molecule has 1 fully saturated rings. The van der Waals surface area contributed by atoms with Gasteiger partial charge < -0.3 is 10.2 Å². The number of nitrogens with zero attached hydrogens (tertiary/aromatic N) is 1. The number of carbonyl (C=O) groups is 2. The molecule has 1 aromatic rings. The summed E-state index contributed by atoms with van der Waals surface area (Å²) in [4.78, 5) is 25.6. The molecule has 0 spiro atoms. The number of amides is 2. The molecule has 1 aromatic carbocycles. The zero-order chi connectivity index (χ0) is 21.1. The van der Waals surface area contributed by atoms with Gasteiger partial charge in [0.25, 0.3) is 0 Å². The van der Waals surface area contributed by atoms with Gasteiger partial charge in [-0.05, 0) is 30.7 Å². The van der Waals surface area contributed by atoms with Crippen molar-refractivity contribution in [1.82, 2.24) is 10.2 Å². The second-order valence-corrected chi connectivity index (χ2v) is 8.99. The number of nitrogens with one attached hydrogen (secondary N) is 1. The van der Waals surface area contributed by atoms with Crippen LogP contribution in [-0.4, -0.2) is 55.8 Å². The second kappa shape index (κ2) is 8.52. The predicted octanol–water partition coefficient (Wildman–Crippen LogP) is 2.13. The smallest absolute Gasteiger partial charge is 0.341 e. The summed E-state index contributed by atoms with van der Waals surface area (Å²) in [5, 5.41) is 1.96. The van der Waals surface area contributed by atoms with Crippen LogP contribution in [0.1, 0.15) is 18.1 Å². The first-order valence-corrected chi connectivity index (χ1v) is 10.4. The highest BCUT2D eigenvalue weighted by Crippen LogP contribution is 2.35. The molecular weight excluding hydrogens is 421 g/mol. The van der Waals surface area contributed by atoms with Gasteiger partial charge in [0.05, 0.1) is 22.1 Å². The third-order valence-electron chi connectivity index (χ3n) is 4.11. The fraction of sp³-hybridized carbons (Fsp3) is 0.412. The first kappa shape index (κ1) is 22.2. The van der Waals surface area contributed by atoms with Gasteiger partial charge in [0.1, 0.15) is 6.04 Å². The Hall–Kier alpha value is -2.07. The molecule has 0 bridgehead atoms. The third kappa shape index (κ3) is 5.96. The molecule has 1 atom stereocenters. The van der Waals surface area contributed by atoms with Crippen molar-refractivity contribution in [2.75, 3.05) is 24.6 Å². The molecule has 2 rings (SSSR count). The first-order valence-electron chi connectivity index (χ1n) is 8.23. The molecule has 1 saturated heterocycles. The highest BCUT2D eigenvalue weighted by molar-refractivity contribution is 7.91. The van der Waals surface area contributed by atoms with Crippen LogP contribution in [0.5, 0.6) is 0 Å². The molecule has 154 valence electrons. The van der Waals surface area contributed by atoms with Crippen molar-refractivity contribution in [3.8, 4) is 0 Å². The van der Waals surface area contributed by atoms with E-state index in [4.69, 9.17) is 11.6 Å². The summed E-state index contributed by atoms with van der Waals surface area (Å²) in [7, 11) is -3.14. The molecule has 11 heteroatoms. The fourth-order valence-electron chi connectivity index (χ4n) is 2.57. The molecular formula is C17H18ClF3N2O4S. The highest BCUT2D eigenvalue weighted by Gasteiger charge is 2.33. The molecule has 1 aliphatic heterocycles. The quantitative estimate of drug-likeness (QED) is 0.730. The van der Waals surface area contributed by atoms with E-state index in [1.807, 2.05) is 0 Å². The molecule has 1 heterocycles. The maximum absolute atomic E-state index is 12.8. The minimum Gasteiger partial charge on any atom is -0.341 e. The van der Waals surface area contributed by atoms with E-state index >= 15 is 0 Å². The van der Waals surface area contributed by atoms with E-state index in [0.29, 0.717) is 0 Å². The Kier molecular flexibility index (Phi) is 6.76. The number of hydrogen-bond donors (Lipinski definition) is 1. The summed E-state index contributed by atoms with van der Waals surface area (Å²) in [6, 6.07) is 2.31. The van der Waals surface area contributed by atoms with E-state index < -0.39 is 44.5 Å². The van der Waals surface area contributed by atoms with Crippen molar-refractivity contribution in [2.24, 2.45) is 0 Å². The summed E-state index contributed by atoms with van der Waals surface area (Å²) in [6.45, 7) is 1.56. The molecule has 1 aliphatic rings. The normalized spacial score (nSPS) is 18.1. The molecule has 1 N–H and O–H groups in total. The highest BCUT2D eigenvalue weighted by atomic mass is 35.5. The standard InChI is InChI=1S/C17H18ClF3N2O4S/c1-11(16(25)23-6-8-28(26,27)9-7-23)22-15(24)5-3-12-2-4-14(18)13(10-12)17(19,20)21/h2-5,10-11H,6-9H2,1H3,(H,22,24)/b5-3+. The van der Waals surface area contributed by atoms with Crippen LogP contribution in [0.15, 0.2) is 24.3 Å².